The predicted molar refractivity (Wildman–Crippen MR) is 56.9 cm³/mol. The number of nitrogens with one attached hydrogen (secondary N) is 1. The topological polar surface area (TPSA) is 89.1 Å². The fraction of sp³-hybridized carbons (Fsp3) is 0.778. The van der Waals surface area contributed by atoms with Crippen LogP contribution in [0.25, 0.3) is 0 Å². The Morgan fingerprint density at radius 3 is 2.93 bits per heavy atom. The zero-order chi connectivity index (χ0) is 11.5. The first-order valence-electron chi connectivity index (χ1n) is 4.72. The summed E-state index contributed by atoms with van der Waals surface area (Å²) in [7, 11) is 1.44. The minimum absolute atomic E-state index is 0.115. The zero-order valence-electron chi connectivity index (χ0n) is 8.93. The maximum Gasteiger partial charge on any atom is 0.133 e. The summed E-state index contributed by atoms with van der Waals surface area (Å²) in [6.45, 7) is 6.47. The van der Waals surface area contributed by atoms with E-state index in [9.17, 15) is 0 Å². The Balaban J connectivity index is 3.66. The third-order valence-electron chi connectivity index (χ3n) is 1.88. The maximum atomic E-state index is 8.87. The molecule has 0 bridgehead atoms. The second kappa shape index (κ2) is 9.85. The number of aliphatic imine (C=N–C) groups is 1. The number of hydrogen-bond donors (Lipinski definition) is 3. The van der Waals surface area contributed by atoms with Crippen LogP contribution in [-0.4, -0.2) is 44.5 Å². The highest BCUT2D eigenvalue weighted by atomic mass is 17.2. The first-order chi connectivity index (χ1) is 7.26. The molecule has 0 aliphatic carbocycles. The van der Waals surface area contributed by atoms with Gasteiger partial charge in [-0.1, -0.05) is 0 Å². The molecule has 2 unspecified atom stereocenters. The Hall–Kier alpha value is -0.690. The van der Waals surface area contributed by atoms with E-state index in [4.69, 9.17) is 17.8 Å². The van der Waals surface area contributed by atoms with Gasteiger partial charge in [-0.3, -0.25) is 10.3 Å². The summed E-state index contributed by atoms with van der Waals surface area (Å²) in [5.74, 6) is -0.394. The number of rotatable bonds is 9. The Morgan fingerprint density at radius 2 is 2.40 bits per heavy atom. The molecule has 0 saturated carbocycles. The highest BCUT2D eigenvalue weighted by molar-refractivity contribution is 5.51. The maximum absolute atomic E-state index is 8.87. The average molecular weight is 217 g/mol. The summed E-state index contributed by atoms with van der Waals surface area (Å²) >= 11 is 0. The van der Waals surface area contributed by atoms with Gasteiger partial charge in [-0.2, -0.15) is 0 Å². The van der Waals surface area contributed by atoms with Gasteiger partial charge in [0.05, 0.1) is 19.5 Å². The first kappa shape index (κ1) is 14.3. The summed E-state index contributed by atoms with van der Waals surface area (Å²) in [5, 5.41) is 11.8. The fourth-order valence-electron chi connectivity index (χ4n) is 1.05. The van der Waals surface area contributed by atoms with Crippen molar-refractivity contribution in [3.05, 3.63) is 6.92 Å². The van der Waals surface area contributed by atoms with Gasteiger partial charge in [0.2, 0.25) is 0 Å². The fourth-order valence-corrected chi connectivity index (χ4v) is 1.05. The van der Waals surface area contributed by atoms with Gasteiger partial charge in [0.25, 0.3) is 0 Å². The zero-order valence-corrected chi connectivity index (χ0v) is 8.93. The molecule has 0 aliphatic rings. The molecule has 88 valence electrons. The quantitative estimate of drug-likeness (QED) is 0.117. The molecule has 0 rings (SSSR count). The van der Waals surface area contributed by atoms with E-state index in [2.05, 4.69) is 20.1 Å². The van der Waals surface area contributed by atoms with Gasteiger partial charge in [0, 0.05) is 12.5 Å². The van der Waals surface area contributed by atoms with Crippen LogP contribution in [0.5, 0.6) is 0 Å². The molecule has 0 aliphatic heterocycles. The van der Waals surface area contributed by atoms with Gasteiger partial charge in [-0.05, 0) is 19.9 Å². The largest absolute Gasteiger partial charge is 0.396 e. The number of aliphatic hydroxyl groups is 1. The lowest BCUT2D eigenvalue weighted by atomic mass is 10.0. The van der Waals surface area contributed by atoms with Gasteiger partial charge >= 0.3 is 0 Å². The smallest absolute Gasteiger partial charge is 0.133 e. The number of nitrogens with two attached hydrogens (primary N) is 1. The molecular formula is C9H19N3O3. The van der Waals surface area contributed by atoms with E-state index in [1.807, 2.05) is 0 Å². The second-order valence-corrected chi connectivity index (χ2v) is 2.93. The average Bonchev–Trinajstić information content (AvgIpc) is 2.26. The minimum Gasteiger partial charge on any atom is -0.396 e. The highest BCUT2D eigenvalue weighted by Crippen LogP contribution is 2.09. The van der Waals surface area contributed by atoms with E-state index in [-0.39, 0.29) is 12.6 Å². The van der Waals surface area contributed by atoms with E-state index in [0.717, 1.165) is 0 Å². The van der Waals surface area contributed by atoms with Crippen molar-refractivity contribution in [3.8, 4) is 0 Å². The van der Waals surface area contributed by atoms with E-state index in [1.54, 1.807) is 0 Å². The third-order valence-corrected chi connectivity index (χ3v) is 1.88. The normalized spacial score (nSPS) is 15.7. The molecule has 0 heterocycles. The van der Waals surface area contributed by atoms with Gasteiger partial charge in [-0.25, -0.2) is 9.78 Å². The minimum atomic E-state index is -0.394. The van der Waals surface area contributed by atoms with Crippen LogP contribution in [0, 0.1) is 12.8 Å². The van der Waals surface area contributed by atoms with Crippen molar-refractivity contribution in [2.45, 2.75) is 12.5 Å². The van der Waals surface area contributed by atoms with Crippen LogP contribution in [0.15, 0.2) is 4.99 Å². The standard InChI is InChI=1S/C9H19N3O3/c1-8(5-13)9(12-6-10)3-4-11-7-15-14-2/h1,6,8-9,11,13H,3-5,7H2,2H3,(H2,10,12). The summed E-state index contributed by atoms with van der Waals surface area (Å²) in [6.07, 6.45) is 1.87. The van der Waals surface area contributed by atoms with Crippen molar-refractivity contribution in [1.82, 2.24) is 5.32 Å². The van der Waals surface area contributed by atoms with Gasteiger partial charge < -0.3 is 10.8 Å². The Labute approximate surface area is 90.4 Å². The van der Waals surface area contributed by atoms with Crippen LogP contribution in [0.2, 0.25) is 0 Å². The molecule has 6 heteroatoms. The van der Waals surface area contributed by atoms with E-state index >= 15 is 0 Å². The molecule has 0 saturated heterocycles. The van der Waals surface area contributed by atoms with Crippen LogP contribution in [0.3, 0.4) is 0 Å². The van der Waals surface area contributed by atoms with E-state index in [1.165, 1.54) is 13.4 Å². The molecular weight excluding hydrogens is 198 g/mol. The predicted octanol–water partition coefficient (Wildman–Crippen LogP) is -0.823. The molecule has 2 radical (unpaired) electrons. The molecule has 0 fully saturated rings. The Morgan fingerprint density at radius 1 is 1.67 bits per heavy atom. The van der Waals surface area contributed by atoms with Crippen LogP contribution in [-0.2, 0) is 9.78 Å². The molecule has 4 N–H and O–H groups in total. The monoisotopic (exact) mass is 217 g/mol. The summed E-state index contributed by atoms with van der Waals surface area (Å²) in [4.78, 5) is 13.0. The molecule has 0 spiro atoms. The Bertz CT molecular complexity index is 167. The van der Waals surface area contributed by atoms with Crippen molar-refractivity contribution in [1.29, 1.82) is 0 Å². The van der Waals surface area contributed by atoms with E-state index in [0.29, 0.717) is 19.7 Å². The summed E-state index contributed by atoms with van der Waals surface area (Å²) in [5.41, 5.74) is 5.18. The summed E-state index contributed by atoms with van der Waals surface area (Å²) in [6, 6.07) is -0.185. The molecule has 0 amide bonds. The van der Waals surface area contributed by atoms with Crippen LogP contribution in [0.4, 0.5) is 0 Å². The van der Waals surface area contributed by atoms with Crippen LogP contribution in [0.1, 0.15) is 6.42 Å². The van der Waals surface area contributed by atoms with Crippen molar-refractivity contribution in [2.75, 3.05) is 27.0 Å². The van der Waals surface area contributed by atoms with E-state index < -0.39 is 5.92 Å². The number of hydrogen-bond acceptors (Lipinski definition) is 5. The second-order valence-electron chi connectivity index (χ2n) is 2.93. The van der Waals surface area contributed by atoms with Gasteiger partial charge in [0.1, 0.15) is 6.73 Å². The van der Waals surface area contributed by atoms with Crippen molar-refractivity contribution in [2.24, 2.45) is 16.6 Å². The molecule has 0 aromatic rings. The lowest BCUT2D eigenvalue weighted by molar-refractivity contribution is -0.276. The highest BCUT2D eigenvalue weighted by Gasteiger charge is 2.14. The molecule has 15 heavy (non-hydrogen) atoms. The lowest BCUT2D eigenvalue weighted by Crippen LogP contribution is -2.27. The number of nitrogens with zero attached hydrogens (tertiary/aromatic N) is 1. The molecule has 6 nitrogen and oxygen atoms in total. The van der Waals surface area contributed by atoms with Gasteiger partial charge in [0.15, 0.2) is 0 Å². The SMILES string of the molecule is [CH]C(CO)C(CCNCOOC)N=CN. The lowest BCUT2D eigenvalue weighted by Gasteiger charge is -2.17. The van der Waals surface area contributed by atoms with Crippen molar-refractivity contribution in [3.63, 3.8) is 0 Å². The first-order valence-corrected chi connectivity index (χ1v) is 4.72. The van der Waals surface area contributed by atoms with Crippen LogP contribution < -0.4 is 11.1 Å². The third kappa shape index (κ3) is 7.26. The molecule has 0 aromatic heterocycles. The Kier molecular flexibility index (Phi) is 9.40. The molecule has 2 atom stereocenters. The molecule has 0 aromatic carbocycles. The van der Waals surface area contributed by atoms with Gasteiger partial charge in [-0.15, -0.1) is 0 Å². The summed E-state index contributed by atoms with van der Waals surface area (Å²) < 4.78 is 0. The van der Waals surface area contributed by atoms with Crippen LogP contribution >= 0.6 is 0 Å². The number of aliphatic hydroxyl groups excluding tert-OH is 1. The van der Waals surface area contributed by atoms with Crippen molar-refractivity contribution >= 4 is 6.34 Å². The van der Waals surface area contributed by atoms with Crippen molar-refractivity contribution < 1.29 is 14.9 Å².